The number of fused-ring (bicyclic) bond motifs is 2. The van der Waals surface area contributed by atoms with E-state index in [0.29, 0.717) is 0 Å². The Morgan fingerprint density at radius 2 is 1.95 bits per heavy atom. The van der Waals surface area contributed by atoms with Gasteiger partial charge in [0.25, 0.3) is 0 Å². The van der Waals surface area contributed by atoms with Gasteiger partial charge >= 0.3 is 0 Å². The third-order valence-corrected chi connectivity index (χ3v) is 5.36. The summed E-state index contributed by atoms with van der Waals surface area (Å²) < 4.78 is 0. The number of benzene rings is 1. The lowest BCUT2D eigenvalue weighted by molar-refractivity contribution is -0.0315. The number of piperidine rings is 3. The molecule has 20 heavy (non-hydrogen) atoms. The van der Waals surface area contributed by atoms with Crippen molar-refractivity contribution >= 4 is 5.96 Å². The average Bonchev–Trinajstić information content (AvgIpc) is 2.79. The summed E-state index contributed by atoms with van der Waals surface area (Å²) in [4.78, 5) is 9.58. The molecule has 2 bridgehead atoms. The van der Waals surface area contributed by atoms with E-state index in [1.54, 1.807) is 0 Å². The van der Waals surface area contributed by atoms with Gasteiger partial charge < -0.3 is 15.5 Å². The summed E-state index contributed by atoms with van der Waals surface area (Å²) in [6.45, 7) is 5.42. The van der Waals surface area contributed by atoms with Gasteiger partial charge in [0.15, 0.2) is 5.96 Å². The van der Waals surface area contributed by atoms with Crippen LogP contribution < -0.4 is 5.73 Å². The zero-order valence-corrected chi connectivity index (χ0v) is 11.8. The lowest BCUT2D eigenvalue weighted by Crippen LogP contribution is -2.67. The number of aliphatic imine (C=N–C) groups is 1. The Hall–Kier alpha value is -1.55. The number of hydrogen-bond acceptors (Lipinski definition) is 4. The van der Waals surface area contributed by atoms with Gasteiger partial charge in [-0.25, -0.2) is 0 Å². The zero-order chi connectivity index (χ0) is 13.6. The second kappa shape index (κ2) is 4.48. The van der Waals surface area contributed by atoms with E-state index < -0.39 is 0 Å². The predicted octanol–water partition coefficient (Wildman–Crippen LogP) is 1.28. The average molecular weight is 270 g/mol. The fourth-order valence-electron chi connectivity index (χ4n) is 4.25. The molecule has 2 N–H and O–H groups in total. The Morgan fingerprint density at radius 3 is 2.60 bits per heavy atom. The molecule has 0 radical (unpaired) electrons. The lowest BCUT2D eigenvalue weighted by Gasteiger charge is -2.55. The number of nitrogens with zero attached hydrogens (tertiary/aromatic N) is 3. The second-order valence-electron chi connectivity index (χ2n) is 6.40. The van der Waals surface area contributed by atoms with E-state index in [4.69, 9.17) is 5.73 Å². The van der Waals surface area contributed by atoms with Gasteiger partial charge in [-0.05, 0) is 37.4 Å². The van der Waals surface area contributed by atoms with Crippen LogP contribution in [0.15, 0.2) is 35.3 Å². The molecule has 0 aromatic heterocycles. The predicted molar refractivity (Wildman–Crippen MR) is 80.4 cm³/mol. The molecule has 1 atom stereocenters. The van der Waals surface area contributed by atoms with Gasteiger partial charge in [0.1, 0.15) is 0 Å². The minimum atomic E-state index is 0.163. The number of nitrogens with two attached hydrogens (primary N) is 1. The van der Waals surface area contributed by atoms with Crippen LogP contribution in [0, 0.1) is 5.92 Å². The third kappa shape index (κ3) is 1.74. The molecule has 1 aromatic rings. The monoisotopic (exact) mass is 270 g/mol. The number of guanidine groups is 1. The van der Waals surface area contributed by atoms with Gasteiger partial charge in [-0.3, -0.25) is 4.99 Å². The van der Waals surface area contributed by atoms with Crippen LogP contribution in [-0.4, -0.2) is 47.5 Å². The van der Waals surface area contributed by atoms with E-state index in [1.807, 2.05) is 0 Å². The maximum absolute atomic E-state index is 6.22. The van der Waals surface area contributed by atoms with Crippen molar-refractivity contribution in [3.05, 3.63) is 35.9 Å². The van der Waals surface area contributed by atoms with Gasteiger partial charge in [-0.2, -0.15) is 0 Å². The van der Waals surface area contributed by atoms with Crippen molar-refractivity contribution < 1.29 is 0 Å². The zero-order valence-electron chi connectivity index (χ0n) is 11.8. The number of hydrogen-bond donors (Lipinski definition) is 1. The maximum Gasteiger partial charge on any atom is 0.192 e. The fourth-order valence-corrected chi connectivity index (χ4v) is 4.25. The first-order valence-corrected chi connectivity index (χ1v) is 7.62. The fraction of sp³-hybridized carbons (Fsp3) is 0.562. The third-order valence-electron chi connectivity index (χ3n) is 5.36. The van der Waals surface area contributed by atoms with Crippen molar-refractivity contribution in [1.29, 1.82) is 0 Å². The molecule has 0 saturated carbocycles. The van der Waals surface area contributed by atoms with Crippen LogP contribution in [0.1, 0.15) is 18.4 Å². The summed E-state index contributed by atoms with van der Waals surface area (Å²) in [5.74, 6) is 1.49. The molecule has 3 fully saturated rings. The standard InChI is InChI=1S/C16H22N4/c17-15-18-11-16(12-19-8-6-14(16)7-9-19)20(15)10-13-4-2-1-3-5-13/h1-5,14H,6-12H2,(H2,17,18). The molecule has 4 heterocycles. The van der Waals surface area contributed by atoms with E-state index >= 15 is 0 Å². The summed E-state index contributed by atoms with van der Waals surface area (Å²) in [6.07, 6.45) is 2.60. The van der Waals surface area contributed by atoms with Crippen LogP contribution in [0.4, 0.5) is 0 Å². The van der Waals surface area contributed by atoms with Gasteiger partial charge in [-0.1, -0.05) is 30.3 Å². The van der Waals surface area contributed by atoms with Crippen LogP contribution >= 0.6 is 0 Å². The normalized spacial score (nSPS) is 35.6. The summed E-state index contributed by atoms with van der Waals surface area (Å²) in [7, 11) is 0. The summed E-state index contributed by atoms with van der Waals surface area (Å²) in [6, 6.07) is 10.6. The molecule has 0 aliphatic carbocycles. The maximum atomic E-state index is 6.22. The molecule has 1 spiro atoms. The summed E-state index contributed by atoms with van der Waals surface area (Å²) in [5, 5.41) is 0. The molecule has 3 saturated heterocycles. The molecule has 5 rings (SSSR count). The molecule has 4 aliphatic rings. The van der Waals surface area contributed by atoms with Crippen LogP contribution in [0.5, 0.6) is 0 Å². The second-order valence-corrected chi connectivity index (χ2v) is 6.40. The Balaban J connectivity index is 1.64. The quantitative estimate of drug-likeness (QED) is 0.880. The molecular formula is C16H22N4. The molecular weight excluding hydrogens is 248 g/mol. The van der Waals surface area contributed by atoms with Crippen LogP contribution in [-0.2, 0) is 6.54 Å². The van der Waals surface area contributed by atoms with E-state index in [1.165, 1.54) is 31.5 Å². The molecule has 4 heteroatoms. The van der Waals surface area contributed by atoms with Gasteiger partial charge in [0.2, 0.25) is 0 Å². The van der Waals surface area contributed by atoms with Crippen molar-refractivity contribution in [3.63, 3.8) is 0 Å². The van der Waals surface area contributed by atoms with Crippen molar-refractivity contribution in [3.8, 4) is 0 Å². The van der Waals surface area contributed by atoms with E-state index in [9.17, 15) is 0 Å². The topological polar surface area (TPSA) is 44.9 Å². The Labute approximate surface area is 120 Å². The summed E-state index contributed by atoms with van der Waals surface area (Å²) in [5.41, 5.74) is 7.71. The van der Waals surface area contributed by atoms with Crippen LogP contribution in [0.3, 0.4) is 0 Å². The first-order valence-electron chi connectivity index (χ1n) is 7.62. The summed E-state index contributed by atoms with van der Waals surface area (Å²) >= 11 is 0. The highest BCUT2D eigenvalue weighted by Crippen LogP contribution is 2.42. The van der Waals surface area contributed by atoms with Crippen molar-refractivity contribution in [2.24, 2.45) is 16.6 Å². The molecule has 0 amide bonds. The SMILES string of the molecule is NC1=NCC2(CN3CCC2CC3)N1Cc1ccccc1. The Kier molecular flexibility index (Phi) is 2.74. The molecule has 1 aromatic carbocycles. The van der Waals surface area contributed by atoms with Crippen LogP contribution in [0.25, 0.3) is 0 Å². The highest BCUT2D eigenvalue weighted by atomic mass is 15.4. The van der Waals surface area contributed by atoms with Crippen LogP contribution in [0.2, 0.25) is 0 Å². The van der Waals surface area contributed by atoms with Crippen molar-refractivity contribution in [1.82, 2.24) is 9.80 Å². The van der Waals surface area contributed by atoms with Gasteiger partial charge in [-0.15, -0.1) is 0 Å². The highest BCUT2D eigenvalue weighted by Gasteiger charge is 2.53. The molecule has 106 valence electrons. The number of rotatable bonds is 2. The first kappa shape index (κ1) is 12.2. The minimum Gasteiger partial charge on any atom is -0.370 e. The lowest BCUT2D eigenvalue weighted by atomic mass is 9.72. The molecule has 4 aliphatic heterocycles. The minimum absolute atomic E-state index is 0.163. The van der Waals surface area contributed by atoms with E-state index in [2.05, 4.69) is 45.1 Å². The van der Waals surface area contributed by atoms with Crippen molar-refractivity contribution in [2.45, 2.75) is 24.9 Å². The Morgan fingerprint density at radius 1 is 1.20 bits per heavy atom. The first-order chi connectivity index (χ1) is 9.78. The largest absolute Gasteiger partial charge is 0.370 e. The van der Waals surface area contributed by atoms with Gasteiger partial charge in [0, 0.05) is 13.1 Å². The van der Waals surface area contributed by atoms with Crippen molar-refractivity contribution in [2.75, 3.05) is 26.2 Å². The highest BCUT2D eigenvalue weighted by molar-refractivity contribution is 5.81. The molecule has 1 unspecified atom stereocenters. The van der Waals surface area contributed by atoms with E-state index in [-0.39, 0.29) is 5.54 Å². The Bertz CT molecular complexity index is 519. The van der Waals surface area contributed by atoms with Gasteiger partial charge in [0.05, 0.1) is 12.1 Å². The molecule has 4 nitrogen and oxygen atoms in total. The smallest absolute Gasteiger partial charge is 0.192 e. The van der Waals surface area contributed by atoms with E-state index in [0.717, 1.165) is 31.5 Å².